The Kier molecular flexibility index (Phi) is 5.41. The van der Waals surface area contributed by atoms with E-state index < -0.39 is 41.1 Å². The van der Waals surface area contributed by atoms with Crippen molar-refractivity contribution in [2.45, 2.75) is 70.3 Å². The Bertz CT molecular complexity index is 439. The Morgan fingerprint density at radius 1 is 0.542 bits per heavy atom. The number of halogens is 11. The number of rotatable bonds is 4. The normalized spacial score (nSPS) is 18.5. The van der Waals surface area contributed by atoms with Gasteiger partial charge in [-0.05, 0) is 13.8 Å². The largest absolute Gasteiger partial charge is 0.456 e. The maximum absolute atomic E-state index is 14.3. The fourth-order valence-electron chi connectivity index (χ4n) is 1.82. The third-order valence-electron chi connectivity index (χ3n) is 3.32. The molecule has 0 aromatic heterocycles. The minimum atomic E-state index is -6.41. The second-order valence-corrected chi connectivity index (χ2v) is 6.61. The lowest BCUT2D eigenvalue weighted by atomic mass is 9.76. The number of alkyl halides is 11. The summed E-state index contributed by atoms with van der Waals surface area (Å²) in [6.07, 6.45) is -18.8. The van der Waals surface area contributed by atoms with Crippen LogP contribution in [0.4, 0.5) is 48.3 Å². The van der Waals surface area contributed by atoms with Crippen molar-refractivity contribution in [3.05, 3.63) is 0 Å². The van der Waals surface area contributed by atoms with Gasteiger partial charge in [0.25, 0.3) is 5.67 Å². The first-order valence-corrected chi connectivity index (χ1v) is 6.24. The Balaban J connectivity index is 6.17. The van der Waals surface area contributed by atoms with Crippen LogP contribution in [-0.4, -0.2) is 35.7 Å². The van der Waals surface area contributed by atoms with E-state index in [2.05, 4.69) is 4.74 Å². The minimum absolute atomic E-state index is 0.214. The van der Waals surface area contributed by atoms with E-state index in [-0.39, 0.29) is 13.8 Å². The Morgan fingerprint density at radius 2 is 0.875 bits per heavy atom. The van der Waals surface area contributed by atoms with Crippen LogP contribution in [0.15, 0.2) is 0 Å². The molecule has 1 unspecified atom stereocenters. The number of hydrogen-bond acceptors (Lipinski definition) is 1. The van der Waals surface area contributed by atoms with Crippen LogP contribution in [0, 0.1) is 5.41 Å². The quantitative estimate of drug-likeness (QED) is 0.550. The third kappa shape index (κ3) is 3.43. The number of ether oxygens (including phenoxy) is 1. The molecule has 0 N–H and O–H groups in total. The second-order valence-electron chi connectivity index (χ2n) is 6.61. The summed E-state index contributed by atoms with van der Waals surface area (Å²) in [5.74, 6) is -5.98. The summed E-state index contributed by atoms with van der Waals surface area (Å²) in [5, 5.41) is 0. The van der Waals surface area contributed by atoms with E-state index in [9.17, 15) is 48.3 Å². The van der Waals surface area contributed by atoms with E-state index in [0.717, 1.165) is 0 Å². The first-order chi connectivity index (χ1) is 9.96. The summed E-state index contributed by atoms with van der Waals surface area (Å²) in [6.45, 7) is 0.674. The van der Waals surface area contributed by atoms with Crippen molar-refractivity contribution < 1.29 is 53.0 Å². The third-order valence-corrected chi connectivity index (χ3v) is 3.32. The fraction of sp³-hybridized carbons (Fsp3) is 1.00. The summed E-state index contributed by atoms with van der Waals surface area (Å²) in [6, 6.07) is 0. The summed E-state index contributed by atoms with van der Waals surface area (Å²) in [4.78, 5) is 0. The van der Waals surface area contributed by atoms with Crippen molar-refractivity contribution in [2.24, 2.45) is 5.41 Å². The van der Waals surface area contributed by atoms with E-state index in [4.69, 9.17) is 0 Å². The summed E-state index contributed by atoms with van der Waals surface area (Å²) < 4.78 is 147. The van der Waals surface area contributed by atoms with Crippen molar-refractivity contribution in [2.75, 3.05) is 0 Å². The first-order valence-electron chi connectivity index (χ1n) is 6.24. The zero-order valence-electron chi connectivity index (χ0n) is 13.1. The SMILES string of the molecule is CC(C)(C)C(F)(C(F)(F)F)C(F)(F)OC(C)(C)C(F)(F)C(F)(F)F. The average molecular weight is 384 g/mol. The van der Waals surface area contributed by atoms with Crippen LogP contribution in [-0.2, 0) is 4.74 Å². The van der Waals surface area contributed by atoms with Crippen molar-refractivity contribution in [1.29, 1.82) is 0 Å². The second kappa shape index (κ2) is 5.60. The Labute approximate surface area is 130 Å². The summed E-state index contributed by atoms with van der Waals surface area (Å²) >= 11 is 0. The highest BCUT2D eigenvalue weighted by atomic mass is 19.4. The van der Waals surface area contributed by atoms with Gasteiger partial charge >= 0.3 is 24.4 Å². The maximum atomic E-state index is 14.3. The van der Waals surface area contributed by atoms with Gasteiger partial charge in [0.1, 0.15) is 5.60 Å². The van der Waals surface area contributed by atoms with Crippen LogP contribution in [0.3, 0.4) is 0 Å². The first kappa shape index (κ1) is 23.2. The van der Waals surface area contributed by atoms with Crippen LogP contribution >= 0.6 is 0 Å². The molecule has 0 aliphatic carbocycles. The van der Waals surface area contributed by atoms with E-state index in [1.54, 1.807) is 0 Å². The molecule has 146 valence electrons. The highest BCUT2D eigenvalue weighted by Crippen LogP contribution is 2.58. The molecule has 0 aromatic rings. The molecule has 0 fully saturated rings. The molecule has 0 bridgehead atoms. The van der Waals surface area contributed by atoms with Gasteiger partial charge in [-0.25, -0.2) is 4.39 Å². The predicted molar refractivity (Wildman–Crippen MR) is 60.5 cm³/mol. The smallest absolute Gasteiger partial charge is 0.305 e. The van der Waals surface area contributed by atoms with Crippen LogP contribution in [0.1, 0.15) is 34.6 Å². The zero-order chi connectivity index (χ0) is 20.2. The fourth-order valence-corrected chi connectivity index (χ4v) is 1.82. The van der Waals surface area contributed by atoms with Gasteiger partial charge in [0.15, 0.2) is 0 Å². The Hall–Kier alpha value is -0.810. The van der Waals surface area contributed by atoms with Crippen molar-refractivity contribution in [3.8, 4) is 0 Å². The number of hydrogen-bond donors (Lipinski definition) is 0. The molecule has 0 amide bonds. The van der Waals surface area contributed by atoms with Crippen LogP contribution in [0.2, 0.25) is 0 Å². The highest BCUT2D eigenvalue weighted by Gasteiger charge is 2.80. The molecule has 0 saturated carbocycles. The van der Waals surface area contributed by atoms with Crippen LogP contribution in [0.5, 0.6) is 0 Å². The van der Waals surface area contributed by atoms with Gasteiger partial charge in [0, 0.05) is 5.41 Å². The summed E-state index contributed by atoms with van der Waals surface area (Å²) in [5.41, 5.74) is -12.7. The van der Waals surface area contributed by atoms with Gasteiger partial charge in [-0.3, -0.25) is 0 Å². The van der Waals surface area contributed by atoms with Crippen LogP contribution < -0.4 is 0 Å². The molecular formula is C12H15F11O. The summed E-state index contributed by atoms with van der Waals surface area (Å²) in [7, 11) is 0. The lowest BCUT2D eigenvalue weighted by Crippen LogP contribution is -2.67. The van der Waals surface area contributed by atoms with Gasteiger partial charge in [0.05, 0.1) is 0 Å². The zero-order valence-corrected chi connectivity index (χ0v) is 13.1. The van der Waals surface area contributed by atoms with Crippen LogP contribution in [0.25, 0.3) is 0 Å². The molecule has 1 nitrogen and oxygen atoms in total. The Morgan fingerprint density at radius 3 is 1.08 bits per heavy atom. The standard InChI is InChI=1S/C12H15F11O/c1-6(2,3)8(13,10(16,17)18)12(22,23)24-7(4,5)9(14,15)11(19,20)21/h1-5H3. The molecule has 1 atom stereocenters. The molecule has 0 heterocycles. The van der Waals surface area contributed by atoms with E-state index in [1.165, 1.54) is 0 Å². The van der Waals surface area contributed by atoms with E-state index >= 15 is 0 Å². The van der Waals surface area contributed by atoms with Crippen molar-refractivity contribution >= 4 is 0 Å². The van der Waals surface area contributed by atoms with Gasteiger partial charge in [-0.2, -0.15) is 43.9 Å². The van der Waals surface area contributed by atoms with Gasteiger partial charge in [0.2, 0.25) is 0 Å². The molecule has 0 aromatic carbocycles. The molecule has 0 aliphatic heterocycles. The van der Waals surface area contributed by atoms with E-state index in [0.29, 0.717) is 20.8 Å². The average Bonchev–Trinajstić information content (AvgIpc) is 2.20. The molecule has 0 saturated heterocycles. The minimum Gasteiger partial charge on any atom is -0.305 e. The molecule has 0 spiro atoms. The molecule has 0 radical (unpaired) electrons. The van der Waals surface area contributed by atoms with Gasteiger partial charge in [-0.15, -0.1) is 0 Å². The molecular weight excluding hydrogens is 369 g/mol. The lowest BCUT2D eigenvalue weighted by Gasteiger charge is -2.46. The molecule has 0 rings (SSSR count). The monoisotopic (exact) mass is 384 g/mol. The van der Waals surface area contributed by atoms with Crippen molar-refractivity contribution in [3.63, 3.8) is 0 Å². The van der Waals surface area contributed by atoms with Gasteiger partial charge < -0.3 is 4.74 Å². The molecule has 24 heavy (non-hydrogen) atoms. The molecule has 0 aliphatic rings. The van der Waals surface area contributed by atoms with E-state index in [1.807, 2.05) is 0 Å². The lowest BCUT2D eigenvalue weighted by molar-refractivity contribution is -0.452. The maximum Gasteiger partial charge on any atom is 0.456 e. The molecule has 12 heteroatoms. The van der Waals surface area contributed by atoms with Crippen molar-refractivity contribution in [1.82, 2.24) is 0 Å². The van der Waals surface area contributed by atoms with Gasteiger partial charge in [-0.1, -0.05) is 20.8 Å². The topological polar surface area (TPSA) is 9.23 Å². The predicted octanol–water partition coefficient (Wildman–Crippen LogP) is 5.89. The highest BCUT2D eigenvalue weighted by molar-refractivity contribution is 5.06.